The minimum atomic E-state index is -0.817. The molecule has 0 spiro atoms. The molecule has 104 valence electrons. The van der Waals surface area contributed by atoms with Crippen molar-refractivity contribution in [2.75, 3.05) is 0 Å². The van der Waals surface area contributed by atoms with Crippen LogP contribution in [0.3, 0.4) is 0 Å². The molecule has 0 aliphatic heterocycles. The molecule has 1 atom stereocenters. The second-order valence-corrected chi connectivity index (χ2v) is 4.49. The lowest BCUT2D eigenvalue weighted by molar-refractivity contribution is -0.119. The maximum atomic E-state index is 12.2. The van der Waals surface area contributed by atoms with Crippen molar-refractivity contribution in [3.8, 4) is 0 Å². The van der Waals surface area contributed by atoms with Gasteiger partial charge in [0, 0.05) is 12.2 Å². The first-order chi connectivity index (χ1) is 8.79. The van der Waals surface area contributed by atoms with Crippen molar-refractivity contribution in [3.63, 3.8) is 0 Å². The molecule has 6 heteroatoms. The Hall–Kier alpha value is -2.11. The Bertz CT molecular complexity index is 575. The maximum Gasteiger partial charge on any atom is 0.263 e. The van der Waals surface area contributed by atoms with Crippen LogP contribution in [-0.4, -0.2) is 22.4 Å². The van der Waals surface area contributed by atoms with E-state index in [9.17, 15) is 14.4 Å². The van der Waals surface area contributed by atoms with Gasteiger partial charge >= 0.3 is 0 Å². The van der Waals surface area contributed by atoms with Crippen LogP contribution in [0.25, 0.3) is 0 Å². The summed E-state index contributed by atoms with van der Waals surface area (Å²) in [7, 11) is 0. The average Bonchev–Trinajstić information content (AvgIpc) is 2.28. The predicted molar refractivity (Wildman–Crippen MR) is 72.0 cm³/mol. The van der Waals surface area contributed by atoms with Crippen molar-refractivity contribution in [1.82, 2.24) is 9.88 Å². The number of hydrogen-bond acceptors (Lipinski definition) is 3. The molecule has 0 unspecified atom stereocenters. The Morgan fingerprint density at radius 1 is 1.42 bits per heavy atom. The van der Waals surface area contributed by atoms with Gasteiger partial charge in [0.2, 0.25) is 5.91 Å². The number of aromatic nitrogens is 1. The Morgan fingerprint density at radius 3 is 2.47 bits per heavy atom. The van der Waals surface area contributed by atoms with Crippen LogP contribution >= 0.6 is 0 Å². The summed E-state index contributed by atoms with van der Waals surface area (Å²) in [5.41, 5.74) is 6.17. The van der Waals surface area contributed by atoms with Gasteiger partial charge in [0.15, 0.2) is 0 Å². The van der Waals surface area contributed by atoms with E-state index < -0.39 is 17.9 Å². The Labute approximate surface area is 111 Å². The van der Waals surface area contributed by atoms with Crippen molar-refractivity contribution in [1.29, 1.82) is 0 Å². The number of nitrogens with two attached hydrogens (primary N) is 1. The number of rotatable bonds is 4. The molecule has 1 aromatic rings. The fraction of sp³-hybridized carbons (Fsp3) is 0.462. The van der Waals surface area contributed by atoms with Crippen molar-refractivity contribution in [3.05, 3.63) is 33.2 Å². The molecule has 1 heterocycles. The summed E-state index contributed by atoms with van der Waals surface area (Å²) in [4.78, 5) is 35.2. The molecular weight excluding hydrogens is 246 g/mol. The monoisotopic (exact) mass is 265 g/mol. The molecular formula is C13H19N3O3. The molecule has 0 saturated heterocycles. The van der Waals surface area contributed by atoms with E-state index >= 15 is 0 Å². The van der Waals surface area contributed by atoms with E-state index in [2.05, 4.69) is 5.32 Å². The van der Waals surface area contributed by atoms with Gasteiger partial charge in [-0.1, -0.05) is 0 Å². The summed E-state index contributed by atoms with van der Waals surface area (Å²) in [6.45, 7) is 7.29. The molecule has 0 aromatic carbocycles. The SMILES string of the molecule is CCn1c(C)cc(C)c(C(=O)N[C@H](C)C(N)=O)c1=O. The van der Waals surface area contributed by atoms with E-state index in [1.807, 2.05) is 13.8 Å². The van der Waals surface area contributed by atoms with Crippen LogP contribution in [0.1, 0.15) is 35.5 Å². The first kappa shape index (κ1) is 14.9. The third-order valence-corrected chi connectivity index (χ3v) is 3.02. The van der Waals surface area contributed by atoms with Gasteiger partial charge in [-0.05, 0) is 39.3 Å². The number of pyridine rings is 1. The van der Waals surface area contributed by atoms with Crippen molar-refractivity contribution in [2.24, 2.45) is 5.73 Å². The quantitative estimate of drug-likeness (QED) is 0.807. The van der Waals surface area contributed by atoms with Gasteiger partial charge in [0.25, 0.3) is 11.5 Å². The van der Waals surface area contributed by atoms with Gasteiger partial charge in [-0.3, -0.25) is 14.4 Å². The molecule has 3 N–H and O–H groups in total. The Morgan fingerprint density at radius 2 is 2.00 bits per heavy atom. The van der Waals surface area contributed by atoms with E-state index in [1.165, 1.54) is 11.5 Å². The average molecular weight is 265 g/mol. The van der Waals surface area contributed by atoms with E-state index in [-0.39, 0.29) is 11.1 Å². The number of carbonyl (C=O) groups is 2. The molecule has 2 amide bonds. The third-order valence-electron chi connectivity index (χ3n) is 3.02. The van der Waals surface area contributed by atoms with Crippen LogP contribution in [-0.2, 0) is 11.3 Å². The summed E-state index contributed by atoms with van der Waals surface area (Å²) >= 11 is 0. The Balaban J connectivity index is 3.24. The third kappa shape index (κ3) is 3.01. The van der Waals surface area contributed by atoms with Crippen LogP contribution in [0.4, 0.5) is 0 Å². The lowest BCUT2D eigenvalue weighted by Gasteiger charge is -2.14. The second kappa shape index (κ2) is 5.69. The largest absolute Gasteiger partial charge is 0.368 e. The summed E-state index contributed by atoms with van der Waals surface area (Å²) in [6, 6.07) is 0.956. The van der Waals surface area contributed by atoms with Gasteiger partial charge in [-0.25, -0.2) is 0 Å². The van der Waals surface area contributed by atoms with Crippen LogP contribution in [0.5, 0.6) is 0 Å². The number of aryl methyl sites for hydroxylation is 2. The first-order valence-corrected chi connectivity index (χ1v) is 6.10. The standard InChI is InChI=1S/C13H19N3O3/c1-5-16-8(3)6-7(2)10(13(16)19)12(18)15-9(4)11(14)17/h6,9H,5H2,1-4H3,(H2,14,17)(H,15,18)/t9-/m1/s1. The highest BCUT2D eigenvalue weighted by molar-refractivity contribution is 5.98. The van der Waals surface area contributed by atoms with Gasteiger partial charge in [-0.2, -0.15) is 0 Å². The summed E-state index contributed by atoms with van der Waals surface area (Å²) < 4.78 is 1.51. The zero-order valence-electron chi connectivity index (χ0n) is 11.6. The second-order valence-electron chi connectivity index (χ2n) is 4.49. The predicted octanol–water partition coefficient (Wildman–Crippen LogP) is 0.0886. The van der Waals surface area contributed by atoms with Crippen LogP contribution in [0.15, 0.2) is 10.9 Å². The minimum Gasteiger partial charge on any atom is -0.368 e. The molecule has 0 aliphatic carbocycles. The lowest BCUT2D eigenvalue weighted by atomic mass is 10.1. The van der Waals surface area contributed by atoms with Crippen molar-refractivity contribution in [2.45, 2.75) is 40.3 Å². The number of nitrogens with one attached hydrogen (secondary N) is 1. The first-order valence-electron chi connectivity index (χ1n) is 6.10. The Kier molecular flexibility index (Phi) is 4.47. The fourth-order valence-corrected chi connectivity index (χ4v) is 1.94. The molecule has 0 saturated carbocycles. The fourth-order valence-electron chi connectivity index (χ4n) is 1.94. The van der Waals surface area contributed by atoms with Gasteiger partial charge in [-0.15, -0.1) is 0 Å². The van der Waals surface area contributed by atoms with Gasteiger partial charge in [0.1, 0.15) is 11.6 Å². The summed E-state index contributed by atoms with van der Waals surface area (Å²) in [6.07, 6.45) is 0. The normalized spacial score (nSPS) is 12.0. The highest BCUT2D eigenvalue weighted by Gasteiger charge is 2.20. The van der Waals surface area contributed by atoms with E-state index in [1.54, 1.807) is 13.0 Å². The number of nitrogens with zero attached hydrogens (tertiary/aromatic N) is 1. The highest BCUT2D eigenvalue weighted by atomic mass is 16.2. The topological polar surface area (TPSA) is 94.2 Å². The van der Waals surface area contributed by atoms with Gasteiger partial charge < -0.3 is 15.6 Å². The van der Waals surface area contributed by atoms with E-state index in [0.717, 1.165) is 5.69 Å². The number of amides is 2. The number of carbonyl (C=O) groups excluding carboxylic acids is 2. The highest BCUT2D eigenvalue weighted by Crippen LogP contribution is 2.06. The van der Waals surface area contributed by atoms with Crippen molar-refractivity contribution >= 4 is 11.8 Å². The smallest absolute Gasteiger partial charge is 0.263 e. The number of primary amides is 1. The molecule has 1 aromatic heterocycles. The minimum absolute atomic E-state index is 0.0561. The molecule has 0 aliphatic rings. The molecule has 1 rings (SSSR count). The lowest BCUT2D eigenvalue weighted by Crippen LogP contribution is -2.44. The summed E-state index contributed by atoms with van der Waals surface area (Å²) in [5.74, 6) is -1.22. The maximum absolute atomic E-state index is 12.2. The number of hydrogen-bond donors (Lipinski definition) is 2. The van der Waals surface area contributed by atoms with Gasteiger partial charge in [0.05, 0.1) is 0 Å². The molecule has 0 fully saturated rings. The van der Waals surface area contributed by atoms with Crippen LogP contribution in [0, 0.1) is 13.8 Å². The van der Waals surface area contributed by atoms with Crippen LogP contribution in [0.2, 0.25) is 0 Å². The van der Waals surface area contributed by atoms with Crippen molar-refractivity contribution < 1.29 is 9.59 Å². The van der Waals surface area contributed by atoms with Crippen LogP contribution < -0.4 is 16.6 Å². The molecule has 19 heavy (non-hydrogen) atoms. The molecule has 6 nitrogen and oxygen atoms in total. The zero-order chi connectivity index (χ0) is 14.7. The molecule has 0 radical (unpaired) electrons. The van der Waals surface area contributed by atoms with E-state index in [0.29, 0.717) is 12.1 Å². The van der Waals surface area contributed by atoms with E-state index in [4.69, 9.17) is 5.73 Å². The molecule has 0 bridgehead atoms. The zero-order valence-corrected chi connectivity index (χ0v) is 11.6. The summed E-state index contributed by atoms with van der Waals surface area (Å²) in [5, 5.41) is 2.42.